The van der Waals surface area contributed by atoms with Crippen molar-refractivity contribution in [1.29, 1.82) is 0 Å². The van der Waals surface area contributed by atoms with Crippen LogP contribution in [0.5, 0.6) is 5.75 Å². The van der Waals surface area contributed by atoms with Gasteiger partial charge in [0.1, 0.15) is 5.75 Å². The van der Waals surface area contributed by atoms with Crippen molar-refractivity contribution >= 4 is 28.2 Å². The first-order valence-electron chi connectivity index (χ1n) is 10.4. The Balaban J connectivity index is 0.00000385. The Labute approximate surface area is 200 Å². The van der Waals surface area contributed by atoms with Gasteiger partial charge < -0.3 is 9.47 Å². The van der Waals surface area contributed by atoms with Gasteiger partial charge in [-0.25, -0.2) is 13.9 Å². The van der Waals surface area contributed by atoms with Crippen LogP contribution in [0.1, 0.15) is 31.2 Å². The summed E-state index contributed by atoms with van der Waals surface area (Å²) in [5, 5.41) is 12.6. The number of aromatic nitrogens is 1. The van der Waals surface area contributed by atoms with Crippen molar-refractivity contribution in [2.24, 2.45) is 5.92 Å². The molecule has 3 rings (SSSR count). The van der Waals surface area contributed by atoms with Crippen LogP contribution in [-0.2, 0) is 25.9 Å². The van der Waals surface area contributed by atoms with Crippen LogP contribution in [0.25, 0.3) is 0 Å². The van der Waals surface area contributed by atoms with Crippen molar-refractivity contribution in [2.45, 2.75) is 48.1 Å². The molecule has 1 atom stereocenters. The van der Waals surface area contributed by atoms with Gasteiger partial charge in [0, 0.05) is 32.0 Å². The molecule has 1 aliphatic rings. The van der Waals surface area contributed by atoms with Gasteiger partial charge in [-0.1, -0.05) is 0 Å². The molecule has 1 heterocycles. The third-order valence-corrected chi connectivity index (χ3v) is 8.52. The van der Waals surface area contributed by atoms with Crippen molar-refractivity contribution in [2.75, 3.05) is 14.2 Å². The highest BCUT2D eigenvalue weighted by Crippen LogP contribution is 2.40. The first-order chi connectivity index (χ1) is 15.4. The van der Waals surface area contributed by atoms with E-state index in [4.69, 9.17) is 9.47 Å². The average molecular weight is 500 g/mol. The van der Waals surface area contributed by atoms with E-state index in [1.54, 1.807) is 37.1 Å². The molecule has 9 nitrogen and oxygen atoms in total. The first kappa shape index (κ1) is 27.0. The second-order valence-electron chi connectivity index (χ2n) is 7.77. The van der Waals surface area contributed by atoms with Crippen LogP contribution in [-0.4, -0.2) is 49.7 Å². The summed E-state index contributed by atoms with van der Waals surface area (Å²) in [6.45, 7) is 0.0928. The summed E-state index contributed by atoms with van der Waals surface area (Å²) in [5.41, 5.74) is 2.37. The number of benzene rings is 1. The van der Waals surface area contributed by atoms with E-state index in [-0.39, 0.29) is 30.0 Å². The van der Waals surface area contributed by atoms with E-state index in [9.17, 15) is 18.4 Å². The van der Waals surface area contributed by atoms with Gasteiger partial charge in [-0.2, -0.15) is 0 Å². The summed E-state index contributed by atoms with van der Waals surface area (Å²) in [5.74, 6) is -1.11. The van der Waals surface area contributed by atoms with Gasteiger partial charge in [0.2, 0.25) is 14.7 Å². The van der Waals surface area contributed by atoms with Crippen LogP contribution >= 0.6 is 12.4 Å². The zero-order valence-corrected chi connectivity index (χ0v) is 20.2. The molecule has 182 valence electrons. The number of nitrogens with zero attached hydrogens (tertiary/aromatic N) is 1. The average Bonchev–Trinajstić information content (AvgIpc) is 2.85. The number of carbonyl (C=O) groups excluding carboxylic acids is 1. The number of carbonyl (C=O) groups is 1. The smallest absolute Gasteiger partial charge is 0.280 e. The Hall–Kier alpha value is -2.24. The number of nitrogens with one attached hydrogen (secondary N) is 2. The lowest BCUT2D eigenvalue weighted by Gasteiger charge is -2.42. The molecule has 0 unspecified atom stereocenters. The topological polar surface area (TPSA) is 127 Å². The summed E-state index contributed by atoms with van der Waals surface area (Å²) < 4.78 is 38.6. The van der Waals surface area contributed by atoms with Crippen LogP contribution in [0, 0.1) is 5.92 Å². The van der Waals surface area contributed by atoms with Crippen molar-refractivity contribution in [3.05, 3.63) is 54.4 Å². The van der Waals surface area contributed by atoms with Crippen LogP contribution in [0.15, 0.2) is 53.7 Å². The molecule has 0 radical (unpaired) electrons. The number of methoxy groups -OCH3 is 2. The van der Waals surface area contributed by atoms with Gasteiger partial charge in [-0.15, -0.1) is 12.4 Å². The first-order valence-corrected chi connectivity index (χ1v) is 11.9. The molecule has 1 aromatic heterocycles. The van der Waals surface area contributed by atoms with Gasteiger partial charge in [-0.3, -0.25) is 20.3 Å². The predicted octanol–water partition coefficient (Wildman–Crippen LogP) is 2.48. The molecular formula is C22H30ClN3O6S. The zero-order valence-electron chi connectivity index (χ0n) is 18.6. The summed E-state index contributed by atoms with van der Waals surface area (Å²) in [4.78, 5) is 15.0. The molecule has 0 saturated heterocycles. The number of sulfone groups is 1. The Bertz CT molecular complexity index is 999. The molecule has 1 fully saturated rings. The minimum atomic E-state index is -4.29. The molecule has 33 heavy (non-hydrogen) atoms. The predicted molar refractivity (Wildman–Crippen MR) is 124 cm³/mol. The van der Waals surface area contributed by atoms with Gasteiger partial charge in [0.05, 0.1) is 18.1 Å². The van der Waals surface area contributed by atoms with E-state index < -0.39 is 26.5 Å². The molecular weight excluding hydrogens is 470 g/mol. The van der Waals surface area contributed by atoms with Gasteiger partial charge >= 0.3 is 0 Å². The number of hydrogen-bond acceptors (Lipinski definition) is 8. The molecule has 0 spiro atoms. The van der Waals surface area contributed by atoms with Crippen molar-refractivity contribution in [3.8, 4) is 5.75 Å². The molecule has 1 aliphatic carbocycles. The fourth-order valence-electron chi connectivity index (χ4n) is 4.31. The minimum absolute atomic E-state index is 0. The normalized spacial score (nSPS) is 20.2. The number of hydroxylamine groups is 1. The molecule has 1 aromatic carbocycles. The van der Waals surface area contributed by atoms with Crippen LogP contribution < -0.4 is 15.5 Å². The van der Waals surface area contributed by atoms with Crippen LogP contribution in [0.2, 0.25) is 0 Å². The molecule has 11 heteroatoms. The maximum atomic E-state index is 14.0. The standard InChI is InChI=1S/C22H29N3O6S.ClH/c1-30-18-5-3-17(4-6-18)22(21(26)25-27,24-15-16-11-13-23-14-12-16)32(28,29)20-9-7-19(31-2)8-10-20;/h7-14,17-18,24,27H,3-6,15H2,1-2H3,(H,25,26);1H/t17-,18-,22-;/m1./s1. The Morgan fingerprint density at radius 2 is 1.70 bits per heavy atom. The van der Waals surface area contributed by atoms with E-state index >= 15 is 0 Å². The quantitative estimate of drug-likeness (QED) is 0.355. The molecule has 1 saturated carbocycles. The second-order valence-corrected chi connectivity index (χ2v) is 9.90. The van der Waals surface area contributed by atoms with Crippen LogP contribution in [0.3, 0.4) is 0 Å². The summed E-state index contributed by atoms with van der Waals surface area (Å²) in [6.07, 6.45) is 5.27. The maximum Gasteiger partial charge on any atom is 0.280 e. The van der Waals surface area contributed by atoms with Gasteiger partial charge in [0.15, 0.2) is 0 Å². The summed E-state index contributed by atoms with van der Waals surface area (Å²) in [6, 6.07) is 9.33. The fourth-order valence-corrected chi connectivity index (χ4v) is 6.40. The lowest BCUT2D eigenvalue weighted by Crippen LogP contribution is -2.66. The number of hydrogen-bond donors (Lipinski definition) is 3. The van der Waals surface area contributed by atoms with E-state index in [1.165, 1.54) is 31.4 Å². The number of pyridine rings is 1. The van der Waals surface area contributed by atoms with Gasteiger partial charge in [-0.05, 0) is 67.6 Å². The highest BCUT2D eigenvalue weighted by Gasteiger charge is 2.57. The van der Waals surface area contributed by atoms with E-state index in [0.717, 1.165) is 5.56 Å². The van der Waals surface area contributed by atoms with Crippen molar-refractivity contribution in [3.63, 3.8) is 0 Å². The largest absolute Gasteiger partial charge is 0.497 e. The Kier molecular flexibility index (Phi) is 9.62. The number of amides is 1. The molecule has 2 aromatic rings. The third kappa shape index (κ3) is 5.47. The Morgan fingerprint density at radius 3 is 2.21 bits per heavy atom. The third-order valence-electron chi connectivity index (χ3n) is 6.12. The summed E-state index contributed by atoms with van der Waals surface area (Å²) in [7, 11) is -1.18. The SMILES string of the molecule is COc1ccc(S(=O)(=O)[C@@](NCc2ccncc2)(C(=O)NO)[C@H]2CC[C@H](OC)CC2)cc1.Cl. The number of ether oxygens (including phenoxy) is 2. The van der Waals surface area contributed by atoms with Crippen molar-refractivity contribution in [1.82, 2.24) is 15.8 Å². The monoisotopic (exact) mass is 499 g/mol. The fraction of sp³-hybridized carbons (Fsp3) is 0.455. The molecule has 0 aliphatic heterocycles. The van der Waals surface area contributed by atoms with Crippen molar-refractivity contribution < 1.29 is 27.9 Å². The lowest BCUT2D eigenvalue weighted by atomic mass is 9.81. The van der Waals surface area contributed by atoms with E-state index in [1.807, 2.05) is 0 Å². The van der Waals surface area contributed by atoms with E-state index in [2.05, 4.69) is 10.3 Å². The summed E-state index contributed by atoms with van der Waals surface area (Å²) >= 11 is 0. The number of halogens is 1. The zero-order chi connectivity index (χ0) is 23.2. The molecule has 0 bridgehead atoms. The lowest BCUT2D eigenvalue weighted by molar-refractivity contribution is -0.135. The van der Waals surface area contributed by atoms with E-state index in [0.29, 0.717) is 31.4 Å². The number of rotatable bonds is 9. The Morgan fingerprint density at radius 1 is 1.09 bits per heavy atom. The highest BCUT2D eigenvalue weighted by atomic mass is 35.5. The van der Waals surface area contributed by atoms with Gasteiger partial charge in [0.25, 0.3) is 5.91 Å². The highest BCUT2D eigenvalue weighted by molar-refractivity contribution is 7.93. The second kappa shape index (κ2) is 11.8. The van der Waals surface area contributed by atoms with Crippen LogP contribution in [0.4, 0.5) is 0 Å². The molecule has 3 N–H and O–H groups in total. The minimum Gasteiger partial charge on any atom is -0.497 e. The molecule has 1 amide bonds. The maximum absolute atomic E-state index is 14.0.